The molecule has 0 radical (unpaired) electrons. The number of rotatable bonds is 5. The molecule has 0 saturated carbocycles. The minimum atomic E-state index is -3.21. The molecule has 1 atom stereocenters. The van der Waals surface area contributed by atoms with Gasteiger partial charge in [0.1, 0.15) is 0 Å². The van der Waals surface area contributed by atoms with E-state index < -0.39 is 9.84 Å². The molecule has 0 bridgehead atoms. The zero-order chi connectivity index (χ0) is 17.0. The molecule has 0 heterocycles. The summed E-state index contributed by atoms with van der Waals surface area (Å²) in [5.74, 6) is -0.138. The standard InChI is InChI=1S/C17H18INO3S/c1-3-16(12-6-10-15(11-7-12)23(2,21)22)19-17(20)13-4-8-14(18)9-5-13/h4-11,16H,3H2,1-2H3,(H,19,20). The van der Waals surface area contributed by atoms with Crippen molar-refractivity contribution in [3.63, 3.8) is 0 Å². The molecule has 122 valence electrons. The van der Waals surface area contributed by atoms with Gasteiger partial charge in [0, 0.05) is 15.4 Å². The summed E-state index contributed by atoms with van der Waals surface area (Å²) in [5, 5.41) is 2.99. The van der Waals surface area contributed by atoms with Gasteiger partial charge in [0.15, 0.2) is 9.84 Å². The number of hydrogen-bond acceptors (Lipinski definition) is 3. The van der Waals surface area contributed by atoms with Crippen LogP contribution in [0.2, 0.25) is 0 Å². The molecule has 0 aromatic heterocycles. The zero-order valence-electron chi connectivity index (χ0n) is 12.9. The number of hydrogen-bond donors (Lipinski definition) is 1. The molecule has 2 aromatic rings. The van der Waals surface area contributed by atoms with Gasteiger partial charge in [-0.25, -0.2) is 8.42 Å². The second-order valence-electron chi connectivity index (χ2n) is 5.28. The minimum absolute atomic E-state index is 0.138. The number of amides is 1. The average molecular weight is 443 g/mol. The molecule has 1 unspecified atom stereocenters. The van der Waals surface area contributed by atoms with Crippen molar-refractivity contribution >= 4 is 38.3 Å². The quantitative estimate of drug-likeness (QED) is 0.719. The molecular formula is C17H18INO3S. The highest BCUT2D eigenvalue weighted by atomic mass is 127. The van der Waals surface area contributed by atoms with Gasteiger partial charge in [0.2, 0.25) is 0 Å². The maximum absolute atomic E-state index is 12.3. The van der Waals surface area contributed by atoms with Gasteiger partial charge < -0.3 is 5.32 Å². The largest absolute Gasteiger partial charge is 0.345 e. The molecule has 2 aromatic carbocycles. The van der Waals surface area contributed by atoms with Crippen molar-refractivity contribution in [2.24, 2.45) is 0 Å². The highest BCUT2D eigenvalue weighted by Crippen LogP contribution is 2.20. The normalized spacial score (nSPS) is 12.7. The van der Waals surface area contributed by atoms with E-state index >= 15 is 0 Å². The molecule has 1 amide bonds. The van der Waals surface area contributed by atoms with Crippen molar-refractivity contribution in [2.75, 3.05) is 6.26 Å². The lowest BCUT2D eigenvalue weighted by atomic mass is 10.0. The topological polar surface area (TPSA) is 63.2 Å². The first kappa shape index (κ1) is 17.9. The number of halogens is 1. The summed E-state index contributed by atoms with van der Waals surface area (Å²) in [6.07, 6.45) is 1.90. The molecule has 4 nitrogen and oxygen atoms in total. The van der Waals surface area contributed by atoms with Gasteiger partial charge in [-0.15, -0.1) is 0 Å². The van der Waals surface area contributed by atoms with Gasteiger partial charge >= 0.3 is 0 Å². The Hall–Kier alpha value is -1.41. The fourth-order valence-corrected chi connectivity index (χ4v) is 3.20. The Morgan fingerprint density at radius 1 is 1.09 bits per heavy atom. The number of carbonyl (C=O) groups excluding carboxylic acids is 1. The first-order valence-electron chi connectivity index (χ1n) is 7.17. The first-order valence-corrected chi connectivity index (χ1v) is 10.1. The van der Waals surface area contributed by atoms with E-state index in [1.807, 2.05) is 19.1 Å². The van der Waals surface area contributed by atoms with Gasteiger partial charge in [0.25, 0.3) is 5.91 Å². The van der Waals surface area contributed by atoms with Crippen LogP contribution < -0.4 is 5.32 Å². The highest BCUT2D eigenvalue weighted by molar-refractivity contribution is 14.1. The van der Waals surface area contributed by atoms with Crippen LogP contribution in [0.15, 0.2) is 53.4 Å². The maximum Gasteiger partial charge on any atom is 0.251 e. The molecule has 0 aliphatic heterocycles. The molecule has 0 aliphatic rings. The van der Waals surface area contributed by atoms with Crippen LogP contribution in [0.3, 0.4) is 0 Å². The molecular weight excluding hydrogens is 425 g/mol. The summed E-state index contributed by atoms with van der Waals surface area (Å²) in [6, 6.07) is 13.8. The third kappa shape index (κ3) is 4.78. The second-order valence-corrected chi connectivity index (χ2v) is 8.54. The Morgan fingerprint density at radius 3 is 2.13 bits per heavy atom. The van der Waals surface area contributed by atoms with E-state index in [0.717, 1.165) is 9.13 Å². The molecule has 0 aliphatic carbocycles. The minimum Gasteiger partial charge on any atom is -0.345 e. The number of carbonyl (C=O) groups is 1. The monoisotopic (exact) mass is 443 g/mol. The molecule has 1 N–H and O–H groups in total. The van der Waals surface area contributed by atoms with Crippen molar-refractivity contribution in [2.45, 2.75) is 24.3 Å². The Bertz CT molecular complexity index is 784. The average Bonchev–Trinajstić information content (AvgIpc) is 2.52. The van der Waals surface area contributed by atoms with Crippen LogP contribution in [0.4, 0.5) is 0 Å². The first-order chi connectivity index (χ1) is 10.8. The summed E-state index contributed by atoms with van der Waals surface area (Å²) in [7, 11) is -3.21. The van der Waals surface area contributed by atoms with Crippen molar-refractivity contribution < 1.29 is 13.2 Å². The predicted octanol–water partition coefficient (Wildman–Crippen LogP) is 3.58. The van der Waals surface area contributed by atoms with Gasteiger partial charge in [-0.1, -0.05) is 19.1 Å². The summed E-state index contributed by atoms with van der Waals surface area (Å²) in [6.45, 7) is 1.98. The molecule has 0 saturated heterocycles. The lowest BCUT2D eigenvalue weighted by Crippen LogP contribution is -2.28. The van der Waals surface area contributed by atoms with Crippen molar-refractivity contribution in [3.05, 3.63) is 63.2 Å². The Balaban J connectivity index is 2.16. The summed E-state index contributed by atoms with van der Waals surface area (Å²) in [5.41, 5.74) is 1.50. The van der Waals surface area contributed by atoms with Crippen LogP contribution >= 0.6 is 22.6 Å². The Kier molecular flexibility index (Phi) is 5.80. The van der Waals surface area contributed by atoms with Crippen LogP contribution in [-0.4, -0.2) is 20.6 Å². The Morgan fingerprint density at radius 2 is 1.65 bits per heavy atom. The lowest BCUT2D eigenvalue weighted by Gasteiger charge is -2.18. The van der Waals surface area contributed by atoms with Crippen LogP contribution in [0.25, 0.3) is 0 Å². The third-order valence-corrected chi connectivity index (χ3v) is 5.38. The van der Waals surface area contributed by atoms with Crippen molar-refractivity contribution in [1.29, 1.82) is 0 Å². The smallest absolute Gasteiger partial charge is 0.251 e. The van der Waals surface area contributed by atoms with E-state index in [-0.39, 0.29) is 16.8 Å². The molecule has 2 rings (SSSR count). The summed E-state index contributed by atoms with van der Waals surface area (Å²) >= 11 is 2.19. The Labute approximate surface area is 150 Å². The molecule has 23 heavy (non-hydrogen) atoms. The second kappa shape index (κ2) is 7.44. The molecule has 6 heteroatoms. The number of nitrogens with one attached hydrogen (secondary N) is 1. The SMILES string of the molecule is CCC(NC(=O)c1ccc(I)cc1)c1ccc(S(C)(=O)=O)cc1. The van der Waals surface area contributed by atoms with Crippen LogP contribution in [0.1, 0.15) is 35.3 Å². The van der Waals surface area contributed by atoms with Crippen LogP contribution in [0, 0.1) is 3.57 Å². The fourth-order valence-electron chi connectivity index (χ4n) is 2.21. The van der Waals surface area contributed by atoms with Crippen molar-refractivity contribution in [3.8, 4) is 0 Å². The fraction of sp³-hybridized carbons (Fsp3) is 0.235. The van der Waals surface area contributed by atoms with Gasteiger partial charge in [-0.2, -0.15) is 0 Å². The lowest BCUT2D eigenvalue weighted by molar-refractivity contribution is 0.0935. The van der Waals surface area contributed by atoms with Crippen LogP contribution in [0.5, 0.6) is 0 Å². The highest BCUT2D eigenvalue weighted by Gasteiger charge is 2.15. The van der Waals surface area contributed by atoms with Crippen LogP contribution in [-0.2, 0) is 9.84 Å². The number of benzene rings is 2. The third-order valence-electron chi connectivity index (χ3n) is 3.53. The maximum atomic E-state index is 12.3. The van der Waals surface area contributed by atoms with E-state index in [1.54, 1.807) is 36.4 Å². The number of sulfone groups is 1. The van der Waals surface area contributed by atoms with E-state index in [4.69, 9.17) is 0 Å². The van der Waals surface area contributed by atoms with E-state index in [0.29, 0.717) is 12.0 Å². The molecule has 0 spiro atoms. The van der Waals surface area contributed by atoms with E-state index in [1.165, 1.54) is 6.26 Å². The van der Waals surface area contributed by atoms with Gasteiger partial charge in [0.05, 0.1) is 10.9 Å². The van der Waals surface area contributed by atoms with Gasteiger partial charge in [-0.3, -0.25) is 4.79 Å². The zero-order valence-corrected chi connectivity index (χ0v) is 15.9. The summed E-state index contributed by atoms with van der Waals surface area (Å²) < 4.78 is 24.1. The predicted molar refractivity (Wildman–Crippen MR) is 99.2 cm³/mol. The van der Waals surface area contributed by atoms with Gasteiger partial charge in [-0.05, 0) is 71.0 Å². The van der Waals surface area contributed by atoms with E-state index in [2.05, 4.69) is 27.9 Å². The molecule has 0 fully saturated rings. The van der Waals surface area contributed by atoms with E-state index in [9.17, 15) is 13.2 Å². The summed E-state index contributed by atoms with van der Waals surface area (Å²) in [4.78, 5) is 12.6. The van der Waals surface area contributed by atoms with Crippen molar-refractivity contribution in [1.82, 2.24) is 5.32 Å².